The highest BCUT2D eigenvalue weighted by Gasteiger charge is 2.27. The Kier molecular flexibility index (Phi) is 3.36. The average molecular weight is 327 g/mol. The monoisotopic (exact) mass is 327 g/mol. The first-order chi connectivity index (χ1) is 11.6. The van der Waals surface area contributed by atoms with Crippen molar-refractivity contribution in [3.05, 3.63) is 35.4 Å². The summed E-state index contributed by atoms with van der Waals surface area (Å²) in [6, 6.07) is 0. The Morgan fingerprint density at radius 1 is 1.33 bits per heavy atom. The van der Waals surface area contributed by atoms with Gasteiger partial charge in [0.1, 0.15) is 12.2 Å². The first-order valence-corrected chi connectivity index (χ1v) is 7.71. The fourth-order valence-electron chi connectivity index (χ4n) is 2.99. The Morgan fingerprint density at radius 2 is 2.21 bits per heavy atom. The number of hydrogen-bond acceptors (Lipinski definition) is 6. The third-order valence-electron chi connectivity index (χ3n) is 4.10. The highest BCUT2D eigenvalue weighted by Crippen LogP contribution is 2.21. The van der Waals surface area contributed by atoms with E-state index in [1.54, 1.807) is 18.0 Å². The Hall–Kier alpha value is -3.04. The van der Waals surface area contributed by atoms with Gasteiger partial charge in [0.25, 0.3) is 5.91 Å². The predicted molar refractivity (Wildman–Crippen MR) is 82.2 cm³/mol. The average Bonchev–Trinajstić information content (AvgIpc) is 3.26. The fraction of sp³-hybridized carbons (Fsp3) is 0.429. The SMILES string of the molecule is Cc1nc(C(=O)N2Cc3cn[nH]c3CC(C)C2)nn1-c1ncn[nH]1. The number of hydrogen-bond donors (Lipinski definition) is 2. The van der Waals surface area contributed by atoms with E-state index >= 15 is 0 Å². The van der Waals surface area contributed by atoms with Crippen molar-refractivity contribution in [3.63, 3.8) is 0 Å². The van der Waals surface area contributed by atoms with Crippen molar-refractivity contribution in [2.75, 3.05) is 6.54 Å². The van der Waals surface area contributed by atoms with Gasteiger partial charge in [0, 0.05) is 24.3 Å². The lowest BCUT2D eigenvalue weighted by molar-refractivity contribution is 0.0713. The number of nitrogens with zero attached hydrogens (tertiary/aromatic N) is 7. The highest BCUT2D eigenvalue weighted by atomic mass is 16.2. The number of amides is 1. The smallest absolute Gasteiger partial charge is 0.293 e. The molecule has 3 aromatic heterocycles. The van der Waals surface area contributed by atoms with Gasteiger partial charge < -0.3 is 4.90 Å². The molecule has 124 valence electrons. The molecule has 10 nitrogen and oxygen atoms in total. The van der Waals surface area contributed by atoms with E-state index in [1.165, 1.54) is 11.0 Å². The normalized spacial score (nSPS) is 17.6. The maximum atomic E-state index is 12.9. The molecule has 0 fully saturated rings. The van der Waals surface area contributed by atoms with E-state index in [1.807, 2.05) is 0 Å². The maximum absolute atomic E-state index is 12.9. The molecule has 4 heterocycles. The summed E-state index contributed by atoms with van der Waals surface area (Å²) in [7, 11) is 0. The van der Waals surface area contributed by atoms with Crippen LogP contribution >= 0.6 is 0 Å². The number of nitrogens with one attached hydrogen (secondary N) is 2. The fourth-order valence-corrected chi connectivity index (χ4v) is 2.99. The lowest BCUT2D eigenvalue weighted by Crippen LogP contribution is -2.34. The molecule has 1 amide bonds. The molecular formula is C14H17N9O. The third-order valence-corrected chi connectivity index (χ3v) is 4.10. The molecule has 1 aliphatic heterocycles. The Bertz CT molecular complexity index is 863. The van der Waals surface area contributed by atoms with Gasteiger partial charge in [-0.2, -0.15) is 19.9 Å². The van der Waals surface area contributed by atoms with Gasteiger partial charge in [-0.05, 0) is 19.3 Å². The van der Waals surface area contributed by atoms with Crippen molar-refractivity contribution < 1.29 is 4.79 Å². The van der Waals surface area contributed by atoms with Crippen LogP contribution < -0.4 is 0 Å². The van der Waals surface area contributed by atoms with Crippen molar-refractivity contribution in [1.29, 1.82) is 0 Å². The lowest BCUT2D eigenvalue weighted by atomic mass is 10.1. The van der Waals surface area contributed by atoms with Gasteiger partial charge in [-0.15, -0.1) is 5.10 Å². The van der Waals surface area contributed by atoms with Crippen LogP contribution in [0.1, 0.15) is 34.6 Å². The number of rotatable bonds is 2. The maximum Gasteiger partial charge on any atom is 0.293 e. The summed E-state index contributed by atoms with van der Waals surface area (Å²) in [5.74, 6) is 1.29. The van der Waals surface area contributed by atoms with Crippen LogP contribution in [-0.4, -0.2) is 57.5 Å². The van der Waals surface area contributed by atoms with Crippen molar-refractivity contribution in [1.82, 2.24) is 45.0 Å². The van der Waals surface area contributed by atoms with Crippen LogP contribution in [0.2, 0.25) is 0 Å². The largest absolute Gasteiger partial charge is 0.331 e. The second-order valence-corrected chi connectivity index (χ2v) is 6.07. The molecule has 0 aromatic carbocycles. The minimum Gasteiger partial charge on any atom is -0.331 e. The van der Waals surface area contributed by atoms with Gasteiger partial charge in [0.15, 0.2) is 0 Å². The number of carbonyl (C=O) groups excluding carboxylic acids is 1. The minimum atomic E-state index is -0.197. The molecule has 0 spiro atoms. The van der Waals surface area contributed by atoms with Gasteiger partial charge in [0.2, 0.25) is 11.8 Å². The van der Waals surface area contributed by atoms with Crippen LogP contribution in [0.5, 0.6) is 0 Å². The number of fused-ring (bicyclic) bond motifs is 1. The van der Waals surface area contributed by atoms with E-state index in [-0.39, 0.29) is 11.7 Å². The summed E-state index contributed by atoms with van der Waals surface area (Å²) in [5.41, 5.74) is 2.13. The molecule has 0 saturated heterocycles. The first-order valence-electron chi connectivity index (χ1n) is 7.71. The second-order valence-electron chi connectivity index (χ2n) is 6.07. The van der Waals surface area contributed by atoms with Gasteiger partial charge in [-0.1, -0.05) is 6.92 Å². The summed E-state index contributed by atoms with van der Waals surface area (Å²) >= 11 is 0. The Morgan fingerprint density at radius 3 is 3.00 bits per heavy atom. The van der Waals surface area contributed by atoms with Crippen LogP contribution in [0, 0.1) is 12.8 Å². The van der Waals surface area contributed by atoms with E-state index in [0.717, 1.165) is 17.7 Å². The minimum absolute atomic E-state index is 0.156. The van der Waals surface area contributed by atoms with Crippen LogP contribution in [0.3, 0.4) is 0 Å². The molecule has 1 aliphatic rings. The quantitative estimate of drug-likeness (QED) is 0.696. The summed E-state index contributed by atoms with van der Waals surface area (Å²) in [6.07, 6.45) is 4.03. The zero-order valence-corrected chi connectivity index (χ0v) is 13.4. The number of aromatic amines is 2. The van der Waals surface area contributed by atoms with E-state index in [2.05, 4.69) is 42.4 Å². The lowest BCUT2D eigenvalue weighted by Gasteiger charge is -2.21. The van der Waals surface area contributed by atoms with Crippen molar-refractivity contribution in [2.45, 2.75) is 26.8 Å². The van der Waals surface area contributed by atoms with Gasteiger partial charge in [-0.3, -0.25) is 9.89 Å². The van der Waals surface area contributed by atoms with Crippen LogP contribution in [-0.2, 0) is 13.0 Å². The molecular weight excluding hydrogens is 310 g/mol. The summed E-state index contributed by atoms with van der Waals surface area (Å²) in [5, 5.41) is 17.9. The molecule has 1 unspecified atom stereocenters. The topological polar surface area (TPSA) is 121 Å². The second kappa shape index (κ2) is 5.55. The number of aryl methyl sites for hydroxylation is 1. The Balaban J connectivity index is 1.63. The van der Waals surface area contributed by atoms with Crippen molar-refractivity contribution >= 4 is 5.91 Å². The van der Waals surface area contributed by atoms with Crippen molar-refractivity contribution in [2.24, 2.45) is 5.92 Å². The van der Waals surface area contributed by atoms with E-state index in [9.17, 15) is 4.79 Å². The molecule has 0 bridgehead atoms. The van der Waals surface area contributed by atoms with E-state index in [0.29, 0.717) is 30.8 Å². The molecule has 0 radical (unpaired) electrons. The predicted octanol–water partition coefficient (Wildman–Crippen LogP) is 0.252. The first kappa shape index (κ1) is 14.5. The molecule has 3 aromatic rings. The van der Waals surface area contributed by atoms with Gasteiger partial charge in [-0.25, -0.2) is 10.1 Å². The molecule has 24 heavy (non-hydrogen) atoms. The number of aromatic nitrogens is 8. The Labute approximate surface area is 137 Å². The molecule has 0 saturated carbocycles. The van der Waals surface area contributed by atoms with Crippen molar-refractivity contribution in [3.8, 4) is 5.95 Å². The zero-order valence-electron chi connectivity index (χ0n) is 13.4. The third kappa shape index (κ3) is 2.45. The number of H-pyrrole nitrogens is 2. The van der Waals surface area contributed by atoms with Gasteiger partial charge >= 0.3 is 0 Å². The summed E-state index contributed by atoms with van der Waals surface area (Å²) in [4.78, 5) is 23.0. The molecule has 4 rings (SSSR count). The number of carbonyl (C=O) groups is 1. The van der Waals surface area contributed by atoms with E-state index in [4.69, 9.17) is 0 Å². The van der Waals surface area contributed by atoms with E-state index < -0.39 is 0 Å². The summed E-state index contributed by atoms with van der Waals surface area (Å²) in [6.45, 7) is 5.04. The highest BCUT2D eigenvalue weighted by molar-refractivity contribution is 5.90. The zero-order chi connectivity index (χ0) is 16.7. The van der Waals surface area contributed by atoms with Crippen LogP contribution in [0.4, 0.5) is 0 Å². The molecule has 2 N–H and O–H groups in total. The van der Waals surface area contributed by atoms with Crippen LogP contribution in [0.15, 0.2) is 12.5 Å². The molecule has 1 atom stereocenters. The molecule has 10 heteroatoms. The standard InChI is InChI=1S/C14H17N9O/c1-8-3-11-10(4-16-19-11)6-22(5-8)13(24)12-18-9(2)23(21-12)14-15-7-17-20-14/h4,7-8H,3,5-6H2,1-2H3,(H,16,19)(H,15,17,20). The van der Waals surface area contributed by atoms with Crippen LogP contribution in [0.25, 0.3) is 5.95 Å². The molecule has 0 aliphatic carbocycles. The summed E-state index contributed by atoms with van der Waals surface area (Å²) < 4.78 is 1.48. The van der Waals surface area contributed by atoms with Gasteiger partial charge in [0.05, 0.1) is 6.20 Å².